The fourth-order valence-electron chi connectivity index (χ4n) is 1.58. The topological polar surface area (TPSA) is 54.5 Å². The molecule has 5 nitrogen and oxygen atoms in total. The molecule has 0 bridgehead atoms. The number of nitrogens with one attached hydrogen (secondary N) is 1. The van der Waals surface area contributed by atoms with E-state index < -0.39 is 5.97 Å². The fraction of sp³-hybridized carbons (Fsp3) is 0.455. The first kappa shape index (κ1) is 10.9. The Morgan fingerprint density at radius 3 is 2.75 bits per heavy atom. The molecule has 0 atom stereocenters. The molecule has 1 aromatic heterocycles. The number of carbonyl (C=O) groups is 1. The summed E-state index contributed by atoms with van der Waals surface area (Å²) in [6, 6.07) is 4.09. The highest BCUT2D eigenvalue weighted by Gasteiger charge is 2.22. The Bertz CT molecular complexity index is 373. The van der Waals surface area contributed by atoms with Crippen molar-refractivity contribution >= 4 is 11.7 Å². The van der Waals surface area contributed by atoms with Crippen LogP contribution in [0.5, 0.6) is 0 Å². The minimum Gasteiger partial charge on any atom is -0.464 e. The largest absolute Gasteiger partial charge is 0.464 e. The van der Waals surface area contributed by atoms with Crippen molar-refractivity contribution in [1.29, 1.82) is 0 Å². The number of hydrogen-bond acceptors (Lipinski definition) is 5. The Labute approximate surface area is 94.4 Å². The molecule has 1 fully saturated rings. The third-order valence-corrected chi connectivity index (χ3v) is 2.86. The Hall–Kier alpha value is -1.62. The molecule has 0 aliphatic carbocycles. The minimum absolute atomic E-state index is 0.339. The van der Waals surface area contributed by atoms with Crippen molar-refractivity contribution in [3.8, 4) is 0 Å². The highest BCUT2D eigenvalue weighted by molar-refractivity contribution is 5.87. The molecular formula is C11H15N3O2. The lowest BCUT2D eigenvalue weighted by Crippen LogP contribution is -2.56. The van der Waals surface area contributed by atoms with Crippen LogP contribution in [0.25, 0.3) is 0 Å². The van der Waals surface area contributed by atoms with Gasteiger partial charge < -0.3 is 15.0 Å². The quantitative estimate of drug-likeness (QED) is 0.743. The molecule has 5 heteroatoms. The van der Waals surface area contributed by atoms with Crippen molar-refractivity contribution in [3.05, 3.63) is 24.0 Å². The van der Waals surface area contributed by atoms with Gasteiger partial charge in [-0.25, -0.2) is 9.78 Å². The van der Waals surface area contributed by atoms with E-state index in [1.54, 1.807) is 12.3 Å². The zero-order valence-electron chi connectivity index (χ0n) is 9.43. The van der Waals surface area contributed by atoms with Gasteiger partial charge in [-0.2, -0.15) is 0 Å². The standard InChI is InChI=1S/C11H15N3O2/c1-14(9-5-12-6-9)8-3-4-10(13-7-8)11(15)16-2/h3-4,7,9,12H,5-6H2,1-2H3. The van der Waals surface area contributed by atoms with Crippen LogP contribution < -0.4 is 10.2 Å². The summed E-state index contributed by atoms with van der Waals surface area (Å²) >= 11 is 0. The first-order chi connectivity index (χ1) is 7.72. The van der Waals surface area contributed by atoms with Crippen molar-refractivity contribution in [2.75, 3.05) is 32.1 Å². The molecule has 1 N–H and O–H groups in total. The Morgan fingerprint density at radius 1 is 1.56 bits per heavy atom. The third kappa shape index (κ3) is 1.99. The van der Waals surface area contributed by atoms with Gasteiger partial charge in [0.25, 0.3) is 0 Å². The molecule has 2 heterocycles. The maximum atomic E-state index is 11.2. The summed E-state index contributed by atoms with van der Waals surface area (Å²) in [6.07, 6.45) is 1.70. The zero-order chi connectivity index (χ0) is 11.5. The lowest BCUT2D eigenvalue weighted by atomic mass is 10.1. The predicted molar refractivity (Wildman–Crippen MR) is 60.6 cm³/mol. The lowest BCUT2D eigenvalue weighted by Gasteiger charge is -2.36. The summed E-state index contributed by atoms with van der Waals surface area (Å²) in [7, 11) is 3.38. The van der Waals surface area contributed by atoms with Gasteiger partial charge in [0.2, 0.25) is 0 Å². The van der Waals surface area contributed by atoms with Gasteiger partial charge in [-0.15, -0.1) is 0 Å². The van der Waals surface area contributed by atoms with E-state index >= 15 is 0 Å². The molecule has 86 valence electrons. The van der Waals surface area contributed by atoms with Gasteiger partial charge in [-0.05, 0) is 12.1 Å². The maximum absolute atomic E-state index is 11.2. The molecule has 0 radical (unpaired) electrons. The fourth-order valence-corrected chi connectivity index (χ4v) is 1.58. The number of hydrogen-bond donors (Lipinski definition) is 1. The van der Waals surface area contributed by atoms with Crippen molar-refractivity contribution in [3.63, 3.8) is 0 Å². The van der Waals surface area contributed by atoms with E-state index in [0.717, 1.165) is 18.8 Å². The first-order valence-corrected chi connectivity index (χ1v) is 5.20. The third-order valence-electron chi connectivity index (χ3n) is 2.86. The summed E-state index contributed by atoms with van der Waals surface area (Å²) in [4.78, 5) is 17.4. The summed E-state index contributed by atoms with van der Waals surface area (Å²) < 4.78 is 4.59. The van der Waals surface area contributed by atoms with E-state index in [0.29, 0.717) is 11.7 Å². The molecule has 1 aliphatic heterocycles. The van der Waals surface area contributed by atoms with Gasteiger partial charge in [0, 0.05) is 20.1 Å². The van der Waals surface area contributed by atoms with E-state index in [4.69, 9.17) is 0 Å². The lowest BCUT2D eigenvalue weighted by molar-refractivity contribution is 0.0594. The van der Waals surface area contributed by atoms with Gasteiger partial charge in [-0.1, -0.05) is 0 Å². The minimum atomic E-state index is -0.403. The molecule has 1 saturated heterocycles. The first-order valence-electron chi connectivity index (χ1n) is 5.20. The molecule has 0 unspecified atom stereocenters. The summed E-state index contributed by atoms with van der Waals surface area (Å²) in [5.41, 5.74) is 1.35. The zero-order valence-corrected chi connectivity index (χ0v) is 9.43. The highest BCUT2D eigenvalue weighted by atomic mass is 16.5. The van der Waals surface area contributed by atoms with Crippen LogP contribution in [0, 0.1) is 0 Å². The van der Waals surface area contributed by atoms with E-state index in [1.807, 2.05) is 13.1 Å². The van der Waals surface area contributed by atoms with Crippen LogP contribution in [-0.2, 0) is 4.74 Å². The number of methoxy groups -OCH3 is 1. The molecular weight excluding hydrogens is 206 g/mol. The molecule has 2 rings (SSSR count). The number of pyridine rings is 1. The van der Waals surface area contributed by atoms with Crippen LogP contribution in [0.15, 0.2) is 18.3 Å². The number of esters is 1. The van der Waals surface area contributed by atoms with Gasteiger partial charge in [0.15, 0.2) is 0 Å². The summed E-state index contributed by atoms with van der Waals surface area (Å²) in [5.74, 6) is -0.403. The van der Waals surface area contributed by atoms with Crippen LogP contribution >= 0.6 is 0 Å². The van der Waals surface area contributed by atoms with Crippen LogP contribution in [-0.4, -0.2) is 44.2 Å². The van der Waals surface area contributed by atoms with Gasteiger partial charge in [-0.3, -0.25) is 0 Å². The van der Waals surface area contributed by atoms with Crippen molar-refractivity contribution in [2.45, 2.75) is 6.04 Å². The van der Waals surface area contributed by atoms with Gasteiger partial charge in [0.05, 0.1) is 25.0 Å². The summed E-state index contributed by atoms with van der Waals surface area (Å²) in [6.45, 7) is 1.99. The molecule has 0 saturated carbocycles. The highest BCUT2D eigenvalue weighted by Crippen LogP contribution is 2.16. The number of anilines is 1. The number of aromatic nitrogens is 1. The average Bonchev–Trinajstić information content (AvgIpc) is 2.26. The number of ether oxygens (including phenoxy) is 1. The van der Waals surface area contributed by atoms with Crippen LogP contribution in [0.3, 0.4) is 0 Å². The second-order valence-corrected chi connectivity index (χ2v) is 3.82. The SMILES string of the molecule is COC(=O)c1ccc(N(C)C2CNC2)cn1. The Balaban J connectivity index is 2.09. The second-order valence-electron chi connectivity index (χ2n) is 3.82. The second kappa shape index (κ2) is 4.49. The maximum Gasteiger partial charge on any atom is 0.356 e. The van der Waals surface area contributed by atoms with E-state index in [-0.39, 0.29) is 0 Å². The average molecular weight is 221 g/mol. The van der Waals surface area contributed by atoms with Crippen molar-refractivity contribution in [1.82, 2.24) is 10.3 Å². The predicted octanol–water partition coefficient (Wildman–Crippen LogP) is 0.276. The molecule has 0 amide bonds. The number of rotatable bonds is 3. The van der Waals surface area contributed by atoms with Crippen LogP contribution in [0.4, 0.5) is 5.69 Å². The number of nitrogens with zero attached hydrogens (tertiary/aromatic N) is 2. The van der Waals surface area contributed by atoms with E-state index in [1.165, 1.54) is 7.11 Å². The molecule has 1 aliphatic rings. The summed E-state index contributed by atoms with van der Waals surface area (Å²) in [5, 5.41) is 3.21. The van der Waals surface area contributed by atoms with Crippen LogP contribution in [0.2, 0.25) is 0 Å². The van der Waals surface area contributed by atoms with Crippen molar-refractivity contribution in [2.24, 2.45) is 0 Å². The molecule has 1 aromatic rings. The molecule has 0 spiro atoms. The monoisotopic (exact) mass is 221 g/mol. The normalized spacial score (nSPS) is 15.4. The van der Waals surface area contributed by atoms with E-state index in [9.17, 15) is 4.79 Å². The van der Waals surface area contributed by atoms with Gasteiger partial charge >= 0.3 is 5.97 Å². The Kier molecular flexibility index (Phi) is 3.05. The van der Waals surface area contributed by atoms with Crippen LogP contribution in [0.1, 0.15) is 10.5 Å². The van der Waals surface area contributed by atoms with Crippen molar-refractivity contribution < 1.29 is 9.53 Å². The Morgan fingerprint density at radius 2 is 2.31 bits per heavy atom. The number of carbonyl (C=O) groups excluding carboxylic acids is 1. The molecule has 16 heavy (non-hydrogen) atoms. The van der Waals surface area contributed by atoms with Gasteiger partial charge in [0.1, 0.15) is 5.69 Å². The smallest absolute Gasteiger partial charge is 0.356 e. The number of likely N-dealkylation sites (N-methyl/N-ethyl adjacent to an activating group) is 1. The molecule has 0 aromatic carbocycles. The van der Waals surface area contributed by atoms with E-state index in [2.05, 4.69) is 19.9 Å².